The van der Waals surface area contributed by atoms with Crippen LogP contribution in [0, 0.1) is 5.82 Å². The lowest BCUT2D eigenvalue weighted by Gasteiger charge is -2.10. The topological polar surface area (TPSA) is 86.2 Å². The van der Waals surface area contributed by atoms with Crippen LogP contribution < -0.4 is 5.32 Å². The molecule has 0 bridgehead atoms. The van der Waals surface area contributed by atoms with E-state index in [2.05, 4.69) is 20.3 Å². The van der Waals surface area contributed by atoms with E-state index >= 15 is 0 Å². The quantitative estimate of drug-likeness (QED) is 0.868. The van der Waals surface area contributed by atoms with Crippen molar-refractivity contribution >= 4 is 11.9 Å². The Labute approximate surface area is 138 Å². The zero-order chi connectivity index (χ0) is 16.8. The normalized spacial score (nSPS) is 17.0. The molecule has 3 rings (SSSR count). The van der Waals surface area contributed by atoms with Crippen molar-refractivity contribution in [2.75, 3.05) is 25.1 Å². The van der Waals surface area contributed by atoms with Gasteiger partial charge in [-0.3, -0.25) is 15.1 Å². The third-order valence-corrected chi connectivity index (χ3v) is 3.47. The first kappa shape index (κ1) is 16.4. The Morgan fingerprint density at radius 2 is 2.38 bits per heavy atom. The molecule has 2 aromatic heterocycles. The highest BCUT2D eigenvalue weighted by Gasteiger charge is 2.16. The number of carbonyl (C=O) groups is 1. The zero-order valence-electron chi connectivity index (χ0n) is 12.9. The first-order valence-electron chi connectivity index (χ1n) is 7.64. The van der Waals surface area contributed by atoms with Crippen LogP contribution in [0.5, 0.6) is 0 Å². The van der Waals surface area contributed by atoms with Crippen molar-refractivity contribution in [1.82, 2.24) is 15.0 Å². The standard InChI is InChI=1S/C16H17FN4O3/c17-12-6-11(7-18-8-12)14-3-4-19-16(20-14)21-15(22)10-23-9-13-2-1-5-24-13/h3-4,6-8,13H,1-2,5,9-10H2,(H,19,20,21,22)/t13-/m1/s1. The van der Waals surface area contributed by atoms with E-state index in [0.29, 0.717) is 17.9 Å². The van der Waals surface area contributed by atoms with Gasteiger partial charge >= 0.3 is 0 Å². The lowest BCUT2D eigenvalue weighted by atomic mass is 10.2. The maximum atomic E-state index is 13.2. The number of halogens is 1. The largest absolute Gasteiger partial charge is 0.376 e. The van der Waals surface area contributed by atoms with Gasteiger partial charge in [0.2, 0.25) is 5.95 Å². The fourth-order valence-electron chi connectivity index (χ4n) is 2.35. The molecule has 0 radical (unpaired) electrons. The van der Waals surface area contributed by atoms with E-state index in [1.807, 2.05) is 0 Å². The SMILES string of the molecule is O=C(COC[C@H]1CCCO1)Nc1nccc(-c2cncc(F)c2)n1. The zero-order valence-corrected chi connectivity index (χ0v) is 12.9. The summed E-state index contributed by atoms with van der Waals surface area (Å²) >= 11 is 0. The molecule has 7 nitrogen and oxygen atoms in total. The molecule has 0 spiro atoms. The highest BCUT2D eigenvalue weighted by atomic mass is 19.1. The van der Waals surface area contributed by atoms with Crippen LogP contribution in [0.1, 0.15) is 12.8 Å². The highest BCUT2D eigenvalue weighted by Crippen LogP contribution is 2.17. The number of hydrogen-bond acceptors (Lipinski definition) is 6. The summed E-state index contributed by atoms with van der Waals surface area (Å²) in [6.07, 6.45) is 6.12. The minimum Gasteiger partial charge on any atom is -0.376 e. The summed E-state index contributed by atoms with van der Waals surface area (Å²) in [6.45, 7) is 1.04. The molecular weight excluding hydrogens is 315 g/mol. The van der Waals surface area contributed by atoms with Crippen molar-refractivity contribution in [3.63, 3.8) is 0 Å². The van der Waals surface area contributed by atoms with Crippen molar-refractivity contribution in [3.05, 3.63) is 36.5 Å². The molecule has 1 fully saturated rings. The Balaban J connectivity index is 1.55. The predicted octanol–water partition coefficient (Wildman–Crippen LogP) is 1.81. The minimum absolute atomic E-state index is 0.0675. The van der Waals surface area contributed by atoms with Crippen molar-refractivity contribution < 1.29 is 18.7 Å². The van der Waals surface area contributed by atoms with E-state index in [-0.39, 0.29) is 24.6 Å². The van der Waals surface area contributed by atoms with Crippen molar-refractivity contribution in [3.8, 4) is 11.3 Å². The Kier molecular flexibility index (Phi) is 5.39. The Hall–Kier alpha value is -2.45. The molecule has 1 aliphatic heterocycles. The van der Waals surface area contributed by atoms with Crippen LogP contribution >= 0.6 is 0 Å². The van der Waals surface area contributed by atoms with Crippen LogP contribution in [0.2, 0.25) is 0 Å². The van der Waals surface area contributed by atoms with Crippen molar-refractivity contribution in [2.45, 2.75) is 18.9 Å². The lowest BCUT2D eigenvalue weighted by Crippen LogP contribution is -2.23. The maximum Gasteiger partial charge on any atom is 0.252 e. The summed E-state index contributed by atoms with van der Waals surface area (Å²) in [7, 11) is 0. The average molecular weight is 332 g/mol. The van der Waals surface area contributed by atoms with Gasteiger partial charge in [-0.25, -0.2) is 14.4 Å². The number of hydrogen-bond donors (Lipinski definition) is 1. The summed E-state index contributed by atoms with van der Waals surface area (Å²) in [4.78, 5) is 23.8. The number of carbonyl (C=O) groups excluding carboxylic acids is 1. The van der Waals surface area contributed by atoms with Gasteiger partial charge in [-0.15, -0.1) is 0 Å². The molecule has 1 aliphatic rings. The number of ether oxygens (including phenoxy) is 2. The van der Waals surface area contributed by atoms with E-state index in [0.717, 1.165) is 25.6 Å². The van der Waals surface area contributed by atoms with E-state index in [1.54, 1.807) is 6.07 Å². The van der Waals surface area contributed by atoms with E-state index < -0.39 is 5.82 Å². The van der Waals surface area contributed by atoms with Gasteiger partial charge in [0, 0.05) is 24.6 Å². The third-order valence-electron chi connectivity index (χ3n) is 3.47. The number of rotatable bonds is 6. The van der Waals surface area contributed by atoms with E-state index in [9.17, 15) is 9.18 Å². The van der Waals surface area contributed by atoms with Crippen LogP contribution in [0.4, 0.5) is 10.3 Å². The van der Waals surface area contributed by atoms with E-state index in [1.165, 1.54) is 18.5 Å². The first-order valence-corrected chi connectivity index (χ1v) is 7.64. The summed E-state index contributed by atoms with van der Waals surface area (Å²) in [5.74, 6) is -0.691. The second kappa shape index (κ2) is 7.89. The Bertz CT molecular complexity index is 707. The second-order valence-corrected chi connectivity index (χ2v) is 5.36. The van der Waals surface area contributed by atoms with Crippen molar-refractivity contribution in [2.24, 2.45) is 0 Å². The molecule has 1 atom stereocenters. The molecule has 0 unspecified atom stereocenters. The minimum atomic E-state index is -0.459. The molecule has 24 heavy (non-hydrogen) atoms. The molecule has 126 valence electrons. The van der Waals surface area contributed by atoms with Gasteiger partial charge in [0.05, 0.1) is 24.6 Å². The number of amides is 1. The van der Waals surface area contributed by atoms with Gasteiger partial charge in [0.25, 0.3) is 5.91 Å². The summed E-state index contributed by atoms with van der Waals surface area (Å²) in [5.41, 5.74) is 0.968. The van der Waals surface area contributed by atoms with Crippen LogP contribution in [0.25, 0.3) is 11.3 Å². The fraction of sp³-hybridized carbons (Fsp3) is 0.375. The molecule has 1 amide bonds. The molecule has 8 heteroatoms. The smallest absolute Gasteiger partial charge is 0.252 e. The van der Waals surface area contributed by atoms with Crippen molar-refractivity contribution in [1.29, 1.82) is 0 Å². The molecule has 2 aromatic rings. The summed E-state index contributed by atoms with van der Waals surface area (Å²) in [5, 5.41) is 2.55. The molecular formula is C16H17FN4O3. The van der Waals surface area contributed by atoms with Gasteiger partial charge in [-0.2, -0.15) is 0 Å². The highest BCUT2D eigenvalue weighted by molar-refractivity contribution is 5.90. The number of aromatic nitrogens is 3. The van der Waals surface area contributed by atoms with Gasteiger partial charge in [-0.05, 0) is 25.0 Å². The Morgan fingerprint density at radius 1 is 1.46 bits per heavy atom. The summed E-state index contributed by atoms with van der Waals surface area (Å²) in [6, 6.07) is 2.92. The van der Waals surface area contributed by atoms with Crippen LogP contribution in [0.15, 0.2) is 30.7 Å². The molecule has 0 saturated carbocycles. The van der Waals surface area contributed by atoms with Gasteiger partial charge in [0.15, 0.2) is 0 Å². The van der Waals surface area contributed by atoms with Crippen LogP contribution in [-0.4, -0.2) is 46.8 Å². The molecule has 0 aromatic carbocycles. The Morgan fingerprint density at radius 3 is 3.17 bits per heavy atom. The maximum absolute atomic E-state index is 13.2. The van der Waals surface area contributed by atoms with Gasteiger partial charge < -0.3 is 9.47 Å². The summed E-state index contributed by atoms with van der Waals surface area (Å²) < 4.78 is 24.0. The van der Waals surface area contributed by atoms with E-state index in [4.69, 9.17) is 9.47 Å². The monoisotopic (exact) mass is 332 g/mol. The lowest BCUT2D eigenvalue weighted by molar-refractivity contribution is -0.121. The number of anilines is 1. The number of pyridine rings is 1. The number of nitrogens with one attached hydrogen (secondary N) is 1. The first-order chi connectivity index (χ1) is 11.7. The fourth-order valence-corrected chi connectivity index (χ4v) is 2.35. The molecule has 1 N–H and O–H groups in total. The average Bonchev–Trinajstić information content (AvgIpc) is 3.08. The van der Waals surface area contributed by atoms with Crippen LogP contribution in [-0.2, 0) is 14.3 Å². The molecule has 0 aliphatic carbocycles. The van der Waals surface area contributed by atoms with Crippen LogP contribution in [0.3, 0.4) is 0 Å². The second-order valence-electron chi connectivity index (χ2n) is 5.36. The third kappa shape index (κ3) is 4.53. The van der Waals surface area contributed by atoms with Gasteiger partial charge in [0.1, 0.15) is 12.4 Å². The molecule has 1 saturated heterocycles. The molecule has 3 heterocycles. The van der Waals surface area contributed by atoms with Gasteiger partial charge in [-0.1, -0.05) is 0 Å². The number of nitrogens with zero attached hydrogens (tertiary/aromatic N) is 3. The predicted molar refractivity (Wildman–Crippen MR) is 83.6 cm³/mol.